The van der Waals surface area contributed by atoms with E-state index in [1.807, 2.05) is 0 Å². The molecular weight excluding hydrogens is 312 g/mol. The summed E-state index contributed by atoms with van der Waals surface area (Å²) in [5.74, 6) is 0.900. The van der Waals surface area contributed by atoms with Gasteiger partial charge in [0.2, 0.25) is 5.91 Å². The molecule has 3 heterocycles. The minimum absolute atomic E-state index is 0.0148. The van der Waals surface area contributed by atoms with Crippen molar-refractivity contribution >= 4 is 11.6 Å². The van der Waals surface area contributed by atoms with E-state index < -0.39 is 5.56 Å². The smallest absolute Gasteiger partial charge is 0.290 e. The van der Waals surface area contributed by atoms with Crippen molar-refractivity contribution in [3.63, 3.8) is 0 Å². The second-order valence-electron chi connectivity index (χ2n) is 5.80. The fourth-order valence-corrected chi connectivity index (χ4v) is 2.59. The molecule has 2 aromatic heterocycles. The number of anilines is 1. The number of hydrogen-bond acceptors (Lipinski definition) is 6. The van der Waals surface area contributed by atoms with Gasteiger partial charge in [0.05, 0.1) is 6.10 Å². The zero-order valence-corrected chi connectivity index (χ0v) is 13.4. The van der Waals surface area contributed by atoms with Crippen LogP contribution in [0.25, 0.3) is 11.5 Å². The quantitative estimate of drug-likeness (QED) is 0.833. The van der Waals surface area contributed by atoms with Crippen LogP contribution in [0.2, 0.25) is 0 Å². The molecule has 0 spiro atoms. The monoisotopic (exact) mass is 332 g/mol. The number of nitrogens with one attached hydrogen (secondary N) is 1. The largest absolute Gasteiger partial charge is 0.460 e. The van der Waals surface area contributed by atoms with Crippen LogP contribution >= 0.6 is 0 Å². The van der Waals surface area contributed by atoms with Crippen molar-refractivity contribution in [2.45, 2.75) is 32.4 Å². The van der Waals surface area contributed by atoms with Crippen LogP contribution in [0, 0.1) is 6.92 Å². The molecule has 3 N–H and O–H groups in total. The summed E-state index contributed by atoms with van der Waals surface area (Å²) < 4.78 is 12.0. The summed E-state index contributed by atoms with van der Waals surface area (Å²) in [5, 5.41) is 6.93. The van der Waals surface area contributed by atoms with Gasteiger partial charge in [-0.05, 0) is 38.0 Å². The zero-order chi connectivity index (χ0) is 17.1. The van der Waals surface area contributed by atoms with Crippen LogP contribution in [0.1, 0.15) is 18.6 Å². The van der Waals surface area contributed by atoms with E-state index in [0.717, 1.165) is 29.9 Å². The van der Waals surface area contributed by atoms with Gasteiger partial charge in [-0.25, -0.2) is 4.68 Å². The standard InChI is InChI=1S/C16H20N4O4/c1-10-4-5-14(24-10)13-7-12(17)16(22)20(19-13)9-15(21)18-8-11-3-2-6-23-11/h4-5,7,11H,2-3,6,8-9,17H2,1H3,(H,18,21)/t11-/m0/s1. The molecule has 0 aromatic carbocycles. The highest BCUT2D eigenvalue weighted by atomic mass is 16.5. The summed E-state index contributed by atoms with van der Waals surface area (Å²) in [4.78, 5) is 24.1. The van der Waals surface area contributed by atoms with Gasteiger partial charge in [-0.1, -0.05) is 0 Å². The Labute approximate surface area is 138 Å². The summed E-state index contributed by atoms with van der Waals surface area (Å²) >= 11 is 0. The van der Waals surface area contributed by atoms with Crippen LogP contribution in [0.15, 0.2) is 27.4 Å². The number of carbonyl (C=O) groups excluding carboxylic acids is 1. The number of nitrogens with two attached hydrogens (primary N) is 1. The molecule has 0 saturated carbocycles. The third-order valence-corrected chi connectivity index (χ3v) is 3.84. The Balaban J connectivity index is 1.73. The first-order valence-corrected chi connectivity index (χ1v) is 7.85. The Morgan fingerprint density at radius 1 is 1.50 bits per heavy atom. The molecule has 8 heteroatoms. The summed E-state index contributed by atoms with van der Waals surface area (Å²) in [6.45, 7) is 2.76. The van der Waals surface area contributed by atoms with Gasteiger partial charge in [0.25, 0.3) is 5.56 Å². The van der Waals surface area contributed by atoms with Gasteiger partial charge in [0.1, 0.15) is 23.7 Å². The second kappa shape index (κ2) is 6.88. The predicted molar refractivity (Wildman–Crippen MR) is 87.3 cm³/mol. The van der Waals surface area contributed by atoms with Gasteiger partial charge in [-0.15, -0.1) is 0 Å². The minimum Gasteiger partial charge on any atom is -0.460 e. The van der Waals surface area contributed by atoms with Gasteiger partial charge in [-0.3, -0.25) is 9.59 Å². The highest BCUT2D eigenvalue weighted by molar-refractivity contribution is 5.75. The molecule has 0 bridgehead atoms. The van der Waals surface area contributed by atoms with Gasteiger partial charge < -0.3 is 20.2 Å². The number of furan rings is 1. The lowest BCUT2D eigenvalue weighted by Gasteiger charge is -2.12. The maximum Gasteiger partial charge on any atom is 0.290 e. The normalized spacial score (nSPS) is 17.1. The average molecular weight is 332 g/mol. The fourth-order valence-electron chi connectivity index (χ4n) is 2.59. The van der Waals surface area contributed by atoms with E-state index in [9.17, 15) is 9.59 Å². The van der Waals surface area contributed by atoms with Crippen molar-refractivity contribution < 1.29 is 13.9 Å². The Morgan fingerprint density at radius 3 is 3.00 bits per heavy atom. The third-order valence-electron chi connectivity index (χ3n) is 3.84. The fraction of sp³-hybridized carbons (Fsp3) is 0.438. The van der Waals surface area contributed by atoms with Gasteiger partial charge in [0.15, 0.2) is 5.76 Å². The highest BCUT2D eigenvalue weighted by Gasteiger charge is 2.17. The predicted octanol–water partition coefficient (Wildman–Crippen LogP) is 0.689. The van der Waals surface area contributed by atoms with E-state index in [1.54, 1.807) is 19.1 Å². The number of nitrogen functional groups attached to an aromatic ring is 1. The van der Waals surface area contributed by atoms with Crippen LogP contribution in [-0.2, 0) is 16.1 Å². The molecule has 1 saturated heterocycles. The molecule has 1 aliphatic heterocycles. The van der Waals surface area contributed by atoms with E-state index in [2.05, 4.69) is 10.4 Å². The minimum atomic E-state index is -0.505. The van der Waals surface area contributed by atoms with Gasteiger partial charge >= 0.3 is 0 Å². The molecular formula is C16H20N4O4. The number of carbonyl (C=O) groups is 1. The van der Waals surface area contributed by atoms with Crippen LogP contribution in [0.4, 0.5) is 5.69 Å². The lowest BCUT2D eigenvalue weighted by atomic mass is 10.2. The molecule has 2 aromatic rings. The van der Waals surface area contributed by atoms with Crippen LogP contribution < -0.4 is 16.6 Å². The first kappa shape index (κ1) is 16.3. The maximum absolute atomic E-state index is 12.1. The number of aryl methyl sites for hydroxylation is 1. The third kappa shape index (κ3) is 3.65. The summed E-state index contributed by atoms with van der Waals surface area (Å²) in [7, 11) is 0. The zero-order valence-electron chi connectivity index (χ0n) is 13.4. The van der Waals surface area contributed by atoms with E-state index in [-0.39, 0.29) is 24.2 Å². The first-order chi connectivity index (χ1) is 11.5. The molecule has 8 nitrogen and oxygen atoms in total. The Kier molecular flexibility index (Phi) is 4.66. The van der Waals surface area contributed by atoms with E-state index >= 15 is 0 Å². The number of amides is 1. The Morgan fingerprint density at radius 2 is 2.33 bits per heavy atom. The summed E-state index contributed by atoms with van der Waals surface area (Å²) in [6, 6.07) is 4.97. The second-order valence-corrected chi connectivity index (χ2v) is 5.80. The molecule has 0 unspecified atom stereocenters. The molecule has 128 valence electrons. The first-order valence-electron chi connectivity index (χ1n) is 7.85. The van der Waals surface area contributed by atoms with Crippen LogP contribution in [-0.4, -0.2) is 34.9 Å². The number of hydrogen-bond donors (Lipinski definition) is 2. The maximum atomic E-state index is 12.1. The van der Waals surface area contributed by atoms with Crippen molar-refractivity contribution in [2.24, 2.45) is 0 Å². The van der Waals surface area contributed by atoms with Crippen molar-refractivity contribution in [2.75, 3.05) is 18.9 Å². The van der Waals surface area contributed by atoms with Crippen LogP contribution in [0.3, 0.4) is 0 Å². The number of rotatable bonds is 5. The summed E-state index contributed by atoms with van der Waals surface area (Å²) in [6.07, 6.45) is 1.97. The number of aromatic nitrogens is 2. The molecule has 1 amide bonds. The Bertz CT molecular complexity index is 790. The molecule has 1 aliphatic rings. The van der Waals surface area contributed by atoms with Gasteiger partial charge in [-0.2, -0.15) is 5.10 Å². The molecule has 1 atom stereocenters. The molecule has 24 heavy (non-hydrogen) atoms. The van der Waals surface area contributed by atoms with Crippen molar-refractivity contribution in [3.8, 4) is 11.5 Å². The van der Waals surface area contributed by atoms with Crippen LogP contribution in [0.5, 0.6) is 0 Å². The summed E-state index contributed by atoms with van der Waals surface area (Å²) in [5.41, 5.74) is 5.67. The average Bonchev–Trinajstić information content (AvgIpc) is 3.21. The molecule has 0 radical (unpaired) electrons. The lowest BCUT2D eigenvalue weighted by molar-refractivity contribution is -0.122. The van der Waals surface area contributed by atoms with Crippen molar-refractivity contribution in [1.29, 1.82) is 0 Å². The van der Waals surface area contributed by atoms with E-state index in [4.69, 9.17) is 14.9 Å². The molecule has 3 rings (SSSR count). The topological polar surface area (TPSA) is 112 Å². The van der Waals surface area contributed by atoms with Crippen molar-refractivity contribution in [1.82, 2.24) is 15.1 Å². The highest BCUT2D eigenvalue weighted by Crippen LogP contribution is 2.19. The van der Waals surface area contributed by atoms with E-state index in [0.29, 0.717) is 18.0 Å². The number of ether oxygens (including phenoxy) is 1. The number of nitrogens with zero attached hydrogens (tertiary/aromatic N) is 2. The Hall–Kier alpha value is -2.61. The SMILES string of the molecule is Cc1ccc(-c2cc(N)c(=O)n(CC(=O)NC[C@@H]3CCCO3)n2)o1. The van der Waals surface area contributed by atoms with Crippen molar-refractivity contribution in [3.05, 3.63) is 34.3 Å². The molecule has 0 aliphatic carbocycles. The van der Waals surface area contributed by atoms with E-state index in [1.165, 1.54) is 6.07 Å². The lowest BCUT2D eigenvalue weighted by Crippen LogP contribution is -2.37. The molecule has 1 fully saturated rings. The van der Waals surface area contributed by atoms with Gasteiger partial charge in [0, 0.05) is 13.2 Å².